The number of hydrogen-bond donors (Lipinski definition) is 3. The summed E-state index contributed by atoms with van der Waals surface area (Å²) in [4.78, 5) is 17.1. The van der Waals surface area contributed by atoms with Crippen LogP contribution in [0.25, 0.3) is 11.3 Å². The highest BCUT2D eigenvalue weighted by Gasteiger charge is 2.39. The van der Waals surface area contributed by atoms with Crippen LogP contribution >= 0.6 is 11.6 Å². The third kappa shape index (κ3) is 4.34. The summed E-state index contributed by atoms with van der Waals surface area (Å²) >= 11 is 5.91. The van der Waals surface area contributed by atoms with Gasteiger partial charge >= 0.3 is 6.18 Å². The molecule has 0 fully saturated rings. The molecule has 1 unspecified atom stereocenters. The molecule has 34 heavy (non-hydrogen) atoms. The molecule has 3 heterocycles. The number of aromatic amines is 1. The second-order valence-electron chi connectivity index (χ2n) is 8.27. The Morgan fingerprint density at radius 1 is 1.41 bits per heavy atom. The van der Waals surface area contributed by atoms with Crippen molar-refractivity contribution >= 4 is 23.2 Å². The average Bonchev–Trinajstić information content (AvgIpc) is 3.39. The SMILES string of the molecule is Cc1[nH]nc(Cl)c1NC(=O)c1cc(F)c(-c2cn3c(n2)[C@](C)(O)CC3)cc1OC(C)C(F)(F)F. The third-order valence-electron chi connectivity index (χ3n) is 5.59. The third-order valence-corrected chi connectivity index (χ3v) is 5.87. The fourth-order valence-corrected chi connectivity index (χ4v) is 3.83. The Morgan fingerprint density at radius 2 is 2.12 bits per heavy atom. The van der Waals surface area contributed by atoms with Crippen LogP contribution in [0.3, 0.4) is 0 Å². The topological polar surface area (TPSA) is 105 Å². The number of aromatic nitrogens is 4. The number of benzene rings is 1. The van der Waals surface area contributed by atoms with E-state index in [0.717, 1.165) is 19.1 Å². The summed E-state index contributed by atoms with van der Waals surface area (Å²) in [6.45, 7) is 4.34. The first-order valence-corrected chi connectivity index (χ1v) is 10.5. The summed E-state index contributed by atoms with van der Waals surface area (Å²) in [5.74, 6) is -2.06. The number of amides is 1. The van der Waals surface area contributed by atoms with Crippen LogP contribution in [0.2, 0.25) is 5.15 Å². The van der Waals surface area contributed by atoms with Crippen LogP contribution in [0.5, 0.6) is 5.75 Å². The number of alkyl halides is 3. The van der Waals surface area contributed by atoms with E-state index in [1.165, 1.54) is 6.20 Å². The summed E-state index contributed by atoms with van der Waals surface area (Å²) in [5.41, 5.74) is -1.32. The number of halogens is 5. The minimum Gasteiger partial charge on any atom is -0.480 e. The Labute approximate surface area is 195 Å². The van der Waals surface area contributed by atoms with E-state index < -0.39 is 40.9 Å². The number of nitrogens with zero attached hydrogens (tertiary/aromatic N) is 3. The van der Waals surface area contributed by atoms with Gasteiger partial charge in [0.2, 0.25) is 0 Å². The molecule has 1 aliphatic rings. The van der Waals surface area contributed by atoms with Gasteiger partial charge in [0.15, 0.2) is 11.3 Å². The first-order chi connectivity index (χ1) is 15.8. The van der Waals surface area contributed by atoms with Crippen molar-refractivity contribution in [3.63, 3.8) is 0 Å². The molecule has 3 aromatic rings. The van der Waals surface area contributed by atoms with Gasteiger partial charge in [-0.3, -0.25) is 9.89 Å². The minimum absolute atomic E-state index is 0.0753. The molecule has 0 saturated heterocycles. The molecule has 1 amide bonds. The first kappa shape index (κ1) is 24.0. The molecule has 3 N–H and O–H groups in total. The predicted octanol–water partition coefficient (Wildman–Crippen LogP) is 4.57. The first-order valence-electron chi connectivity index (χ1n) is 10.2. The molecule has 8 nitrogen and oxygen atoms in total. The average molecular weight is 502 g/mol. The Bertz CT molecular complexity index is 1250. The van der Waals surface area contributed by atoms with Gasteiger partial charge in [-0.15, -0.1) is 0 Å². The van der Waals surface area contributed by atoms with Crippen molar-refractivity contribution in [1.29, 1.82) is 0 Å². The molecule has 2 aromatic heterocycles. The number of H-pyrrole nitrogens is 1. The number of fused-ring (bicyclic) bond motifs is 1. The second-order valence-corrected chi connectivity index (χ2v) is 8.62. The number of imidazole rings is 1. The van der Waals surface area contributed by atoms with Crippen molar-refractivity contribution in [3.8, 4) is 17.0 Å². The number of hydrogen-bond acceptors (Lipinski definition) is 5. The lowest BCUT2D eigenvalue weighted by atomic mass is 10.0. The Balaban J connectivity index is 1.77. The van der Waals surface area contributed by atoms with Crippen molar-refractivity contribution in [2.75, 3.05) is 5.32 Å². The number of anilines is 1. The number of ether oxygens (including phenoxy) is 1. The summed E-state index contributed by atoms with van der Waals surface area (Å²) in [7, 11) is 0. The molecule has 1 aliphatic heterocycles. The van der Waals surface area contributed by atoms with Gasteiger partial charge in [0.05, 0.1) is 17.0 Å². The van der Waals surface area contributed by atoms with E-state index in [1.54, 1.807) is 18.4 Å². The van der Waals surface area contributed by atoms with Gasteiger partial charge in [0, 0.05) is 24.7 Å². The number of carbonyl (C=O) groups excluding carboxylic acids is 1. The van der Waals surface area contributed by atoms with Crippen LogP contribution in [0.1, 0.15) is 42.1 Å². The van der Waals surface area contributed by atoms with E-state index >= 15 is 4.39 Å². The molecule has 2 atom stereocenters. The highest BCUT2D eigenvalue weighted by atomic mass is 35.5. The second kappa shape index (κ2) is 8.27. The maximum Gasteiger partial charge on any atom is 0.425 e. The van der Waals surface area contributed by atoms with Crippen molar-refractivity contribution in [2.24, 2.45) is 0 Å². The molecule has 0 radical (unpaired) electrons. The van der Waals surface area contributed by atoms with Gasteiger partial charge < -0.3 is 19.7 Å². The molecule has 13 heteroatoms. The normalized spacial score (nSPS) is 18.6. The maximum absolute atomic E-state index is 15.1. The highest BCUT2D eigenvalue weighted by molar-refractivity contribution is 6.33. The van der Waals surface area contributed by atoms with Gasteiger partial charge in [0.25, 0.3) is 5.91 Å². The van der Waals surface area contributed by atoms with Crippen LogP contribution in [0.4, 0.5) is 23.2 Å². The zero-order valence-corrected chi connectivity index (χ0v) is 19.0. The van der Waals surface area contributed by atoms with Crippen LogP contribution in [0, 0.1) is 12.7 Å². The van der Waals surface area contributed by atoms with Gasteiger partial charge in [-0.25, -0.2) is 9.37 Å². The smallest absolute Gasteiger partial charge is 0.425 e. The molecule has 1 aromatic carbocycles. The summed E-state index contributed by atoms with van der Waals surface area (Å²) < 4.78 is 61.4. The predicted molar refractivity (Wildman–Crippen MR) is 114 cm³/mol. The number of rotatable bonds is 5. The lowest BCUT2D eigenvalue weighted by Crippen LogP contribution is -2.32. The quantitative estimate of drug-likeness (QED) is 0.444. The zero-order chi connectivity index (χ0) is 25.0. The van der Waals surface area contributed by atoms with Crippen LogP contribution in [-0.4, -0.2) is 43.0 Å². The lowest BCUT2D eigenvalue weighted by Gasteiger charge is -2.20. The maximum atomic E-state index is 15.1. The molecule has 182 valence electrons. The highest BCUT2D eigenvalue weighted by Crippen LogP contribution is 2.37. The largest absolute Gasteiger partial charge is 0.480 e. The molecular formula is C21H20ClF4N5O3. The van der Waals surface area contributed by atoms with Gasteiger partial charge in [0.1, 0.15) is 28.7 Å². The van der Waals surface area contributed by atoms with E-state index in [-0.39, 0.29) is 22.1 Å². The molecule has 4 rings (SSSR count). The van der Waals surface area contributed by atoms with Crippen LogP contribution in [0.15, 0.2) is 18.3 Å². The van der Waals surface area contributed by atoms with E-state index in [9.17, 15) is 23.1 Å². The van der Waals surface area contributed by atoms with Crippen molar-refractivity contribution in [3.05, 3.63) is 46.4 Å². The molecule has 0 saturated carbocycles. The Morgan fingerprint density at radius 3 is 2.71 bits per heavy atom. The number of carbonyl (C=O) groups is 1. The zero-order valence-electron chi connectivity index (χ0n) is 18.2. The Kier molecular flexibility index (Phi) is 5.85. The van der Waals surface area contributed by atoms with Crippen molar-refractivity contribution < 1.29 is 32.2 Å². The number of aryl methyl sites for hydroxylation is 2. The number of aliphatic hydroxyl groups is 1. The molecular weight excluding hydrogens is 482 g/mol. The standard InChI is InChI=1S/C21H20ClF4N5O3/c1-9-16(17(22)30-29-9)28-18(32)12-6-13(23)11(7-15(12)34-10(2)21(24,25)26)14-8-31-5-4-20(3,33)19(31)27-14/h6-8,10,33H,4-5H2,1-3H3,(H,28,32)(H,29,30)/t10?,20-/m1/s1. The summed E-state index contributed by atoms with van der Waals surface area (Å²) in [6, 6.07) is 1.76. The summed E-state index contributed by atoms with van der Waals surface area (Å²) in [5, 5.41) is 19.0. The van der Waals surface area contributed by atoms with Gasteiger partial charge in [-0.05, 0) is 32.9 Å². The summed E-state index contributed by atoms with van der Waals surface area (Å²) in [6.07, 6.45) is -5.11. The fourth-order valence-electron chi connectivity index (χ4n) is 3.60. The fraction of sp³-hybridized carbons (Fsp3) is 0.381. The van der Waals surface area contributed by atoms with Gasteiger partial charge in [-0.2, -0.15) is 18.3 Å². The van der Waals surface area contributed by atoms with Crippen LogP contribution < -0.4 is 10.1 Å². The van der Waals surface area contributed by atoms with E-state index in [0.29, 0.717) is 24.5 Å². The van der Waals surface area contributed by atoms with E-state index in [1.807, 2.05) is 0 Å². The monoisotopic (exact) mass is 501 g/mol. The molecule has 0 spiro atoms. The molecule has 0 bridgehead atoms. The van der Waals surface area contributed by atoms with E-state index in [4.69, 9.17) is 16.3 Å². The number of nitrogens with one attached hydrogen (secondary N) is 2. The lowest BCUT2D eigenvalue weighted by molar-refractivity contribution is -0.189. The van der Waals surface area contributed by atoms with Crippen molar-refractivity contribution in [2.45, 2.75) is 51.6 Å². The van der Waals surface area contributed by atoms with E-state index in [2.05, 4.69) is 20.5 Å². The Hall–Kier alpha value is -3.12. The minimum atomic E-state index is -4.74. The van der Waals surface area contributed by atoms with Gasteiger partial charge in [-0.1, -0.05) is 11.6 Å². The molecule has 0 aliphatic carbocycles. The van der Waals surface area contributed by atoms with Crippen LogP contribution in [-0.2, 0) is 12.1 Å². The van der Waals surface area contributed by atoms with Crippen molar-refractivity contribution in [1.82, 2.24) is 19.7 Å².